The van der Waals surface area contributed by atoms with Crippen molar-refractivity contribution in [3.8, 4) is 0 Å². The Balaban J connectivity index is 1.64. The molecule has 1 unspecified atom stereocenters. The van der Waals surface area contributed by atoms with Gasteiger partial charge in [-0.05, 0) is 6.42 Å². The Morgan fingerprint density at radius 1 is 1.50 bits per heavy atom. The van der Waals surface area contributed by atoms with Gasteiger partial charge in [-0.25, -0.2) is 0 Å². The molecule has 18 heavy (non-hydrogen) atoms. The first-order valence-corrected chi connectivity index (χ1v) is 8.49. The molecule has 0 bridgehead atoms. The molecule has 1 fully saturated rings. The van der Waals surface area contributed by atoms with Crippen LogP contribution in [0.4, 0.5) is 0 Å². The van der Waals surface area contributed by atoms with Gasteiger partial charge in [-0.2, -0.15) is 23.5 Å². The molecule has 0 amide bonds. The zero-order valence-corrected chi connectivity index (χ0v) is 12.0. The van der Waals surface area contributed by atoms with Gasteiger partial charge in [0.25, 0.3) is 0 Å². The molecule has 1 aromatic heterocycles. The molecule has 5 nitrogen and oxygen atoms in total. The molecule has 0 spiro atoms. The number of rotatable bonds is 7. The maximum Gasteiger partial charge on any atom is 0.0964 e. The molecular weight excluding hydrogens is 268 g/mol. The second kappa shape index (κ2) is 8.04. The fourth-order valence-electron chi connectivity index (χ4n) is 1.78. The zero-order valence-electron chi connectivity index (χ0n) is 10.4. The van der Waals surface area contributed by atoms with Crippen molar-refractivity contribution in [1.29, 1.82) is 0 Å². The predicted octanol–water partition coefficient (Wildman–Crippen LogP) is 0.599. The van der Waals surface area contributed by atoms with Crippen LogP contribution < -0.4 is 5.32 Å². The molecule has 7 heteroatoms. The summed E-state index contributed by atoms with van der Waals surface area (Å²) in [6.45, 7) is 2.75. The average molecular weight is 288 g/mol. The van der Waals surface area contributed by atoms with Crippen LogP contribution in [-0.2, 0) is 13.1 Å². The van der Waals surface area contributed by atoms with E-state index in [-0.39, 0.29) is 6.61 Å². The van der Waals surface area contributed by atoms with Crippen LogP contribution in [-0.4, -0.2) is 55.8 Å². The van der Waals surface area contributed by atoms with Crippen molar-refractivity contribution in [1.82, 2.24) is 20.3 Å². The number of aryl methyl sites for hydroxylation is 1. The van der Waals surface area contributed by atoms with Crippen molar-refractivity contribution in [2.75, 3.05) is 30.4 Å². The van der Waals surface area contributed by atoms with Gasteiger partial charge in [0.2, 0.25) is 0 Å². The molecule has 1 saturated heterocycles. The highest BCUT2D eigenvalue weighted by molar-refractivity contribution is 8.06. The second-order valence-electron chi connectivity index (χ2n) is 4.25. The van der Waals surface area contributed by atoms with Gasteiger partial charge in [0.15, 0.2) is 0 Å². The van der Waals surface area contributed by atoms with Crippen molar-refractivity contribution in [2.45, 2.75) is 24.8 Å². The van der Waals surface area contributed by atoms with Crippen LogP contribution in [0.2, 0.25) is 0 Å². The monoisotopic (exact) mass is 288 g/mol. The lowest BCUT2D eigenvalue weighted by atomic mass is 10.4. The van der Waals surface area contributed by atoms with Crippen LogP contribution in [0.1, 0.15) is 12.1 Å². The summed E-state index contributed by atoms with van der Waals surface area (Å²) in [4.78, 5) is 0. The molecule has 2 N–H and O–H groups in total. The highest BCUT2D eigenvalue weighted by Crippen LogP contribution is 2.23. The van der Waals surface area contributed by atoms with Gasteiger partial charge in [-0.15, -0.1) is 5.10 Å². The zero-order chi connectivity index (χ0) is 12.6. The fourth-order valence-corrected chi connectivity index (χ4v) is 4.42. The van der Waals surface area contributed by atoms with E-state index in [9.17, 15) is 0 Å². The Bertz CT molecular complexity index is 342. The smallest absolute Gasteiger partial charge is 0.0964 e. The molecule has 1 atom stereocenters. The minimum atomic E-state index is 0.198. The summed E-state index contributed by atoms with van der Waals surface area (Å²) >= 11 is 4.11. The number of nitrogens with zero attached hydrogens (tertiary/aromatic N) is 3. The lowest BCUT2D eigenvalue weighted by Crippen LogP contribution is -2.28. The Morgan fingerprint density at radius 2 is 2.44 bits per heavy atom. The maximum absolute atomic E-state index is 8.74. The summed E-state index contributed by atoms with van der Waals surface area (Å²) in [5.41, 5.74) is 0.974. The fraction of sp³-hybridized carbons (Fsp3) is 0.818. The van der Waals surface area contributed by atoms with Crippen molar-refractivity contribution in [2.24, 2.45) is 0 Å². The highest BCUT2D eigenvalue weighted by Gasteiger charge is 2.13. The number of aromatic nitrogens is 3. The van der Waals surface area contributed by atoms with E-state index in [2.05, 4.69) is 27.4 Å². The van der Waals surface area contributed by atoms with Crippen molar-refractivity contribution < 1.29 is 5.11 Å². The third-order valence-electron chi connectivity index (χ3n) is 2.69. The molecule has 0 saturated carbocycles. The van der Waals surface area contributed by atoms with Crippen LogP contribution in [0.15, 0.2) is 6.20 Å². The van der Waals surface area contributed by atoms with Crippen molar-refractivity contribution >= 4 is 23.5 Å². The number of thioether (sulfide) groups is 2. The predicted molar refractivity (Wildman–Crippen MR) is 77.0 cm³/mol. The van der Waals surface area contributed by atoms with Crippen molar-refractivity contribution in [3.63, 3.8) is 0 Å². The minimum Gasteiger partial charge on any atom is -0.396 e. The normalized spacial score (nSPS) is 20.2. The van der Waals surface area contributed by atoms with Gasteiger partial charge >= 0.3 is 0 Å². The lowest BCUT2D eigenvalue weighted by molar-refractivity contribution is 0.276. The van der Waals surface area contributed by atoms with E-state index in [0.717, 1.165) is 37.0 Å². The molecule has 2 rings (SSSR count). The number of aliphatic hydroxyl groups is 1. The first-order valence-electron chi connectivity index (χ1n) is 6.28. The van der Waals surface area contributed by atoms with Gasteiger partial charge in [0.05, 0.1) is 5.69 Å². The maximum atomic E-state index is 8.74. The van der Waals surface area contributed by atoms with Gasteiger partial charge in [-0.3, -0.25) is 4.68 Å². The van der Waals surface area contributed by atoms with E-state index in [4.69, 9.17) is 5.11 Å². The average Bonchev–Trinajstić information content (AvgIpc) is 2.85. The van der Waals surface area contributed by atoms with E-state index >= 15 is 0 Å². The van der Waals surface area contributed by atoms with E-state index in [1.807, 2.05) is 18.0 Å². The Morgan fingerprint density at radius 3 is 3.22 bits per heavy atom. The van der Waals surface area contributed by atoms with Crippen LogP contribution in [0.5, 0.6) is 0 Å². The largest absolute Gasteiger partial charge is 0.396 e. The van der Waals surface area contributed by atoms with Crippen molar-refractivity contribution in [3.05, 3.63) is 11.9 Å². The van der Waals surface area contributed by atoms with E-state index in [1.54, 1.807) is 4.68 Å². The lowest BCUT2D eigenvalue weighted by Gasteiger charge is -2.20. The number of nitrogens with one attached hydrogen (secondary N) is 1. The van der Waals surface area contributed by atoms with Crippen LogP contribution in [0.3, 0.4) is 0 Å². The quantitative estimate of drug-likeness (QED) is 0.766. The minimum absolute atomic E-state index is 0.198. The molecule has 0 aromatic carbocycles. The van der Waals surface area contributed by atoms with Gasteiger partial charge in [-0.1, -0.05) is 5.21 Å². The highest BCUT2D eigenvalue weighted by atomic mass is 32.2. The number of hydrogen-bond donors (Lipinski definition) is 2. The van der Waals surface area contributed by atoms with E-state index < -0.39 is 0 Å². The Hall–Kier alpha value is -0.240. The summed E-state index contributed by atoms with van der Waals surface area (Å²) in [6.07, 6.45) is 2.68. The van der Waals surface area contributed by atoms with E-state index in [0.29, 0.717) is 0 Å². The number of aliphatic hydroxyl groups excluding tert-OH is 1. The van der Waals surface area contributed by atoms with Crippen LogP contribution in [0.25, 0.3) is 0 Å². The van der Waals surface area contributed by atoms with E-state index in [1.165, 1.54) is 17.3 Å². The molecule has 1 aliphatic rings. The second-order valence-corrected chi connectivity index (χ2v) is 6.81. The van der Waals surface area contributed by atoms with Crippen LogP contribution in [0, 0.1) is 0 Å². The molecule has 2 heterocycles. The standard InChI is InChI=1S/C11H20N4OS2/c16-3-1-2-15-8-10(13-14-15)6-12-7-11-9-17-4-5-18-11/h8,11-12,16H,1-7,9H2. The third-order valence-corrected chi connectivity index (χ3v) is 5.54. The summed E-state index contributed by atoms with van der Waals surface area (Å²) in [5.74, 6) is 3.82. The van der Waals surface area contributed by atoms with Gasteiger partial charge < -0.3 is 10.4 Å². The molecule has 1 aromatic rings. The first kappa shape index (κ1) is 14.2. The van der Waals surface area contributed by atoms with Crippen LogP contribution >= 0.6 is 23.5 Å². The molecule has 102 valence electrons. The molecule has 0 radical (unpaired) electrons. The molecule has 0 aliphatic carbocycles. The Labute approximate surface area is 116 Å². The SMILES string of the molecule is OCCCn1cc(CNCC2CSCCS2)nn1. The first-order chi connectivity index (χ1) is 8.88. The molecular formula is C11H20N4OS2. The summed E-state index contributed by atoms with van der Waals surface area (Å²) in [5, 5.41) is 21.0. The summed E-state index contributed by atoms with van der Waals surface area (Å²) in [7, 11) is 0. The van der Waals surface area contributed by atoms with Gasteiger partial charge in [0.1, 0.15) is 0 Å². The van der Waals surface area contributed by atoms with Gasteiger partial charge in [0, 0.05) is 54.9 Å². The number of hydrogen-bond acceptors (Lipinski definition) is 6. The Kier molecular flexibility index (Phi) is 6.33. The topological polar surface area (TPSA) is 63.0 Å². The third kappa shape index (κ3) is 4.79. The summed E-state index contributed by atoms with van der Waals surface area (Å²) in [6, 6.07) is 0. The summed E-state index contributed by atoms with van der Waals surface area (Å²) < 4.78 is 1.79. The molecule has 1 aliphatic heterocycles.